The molecular formula is C18H29N5OS. The van der Waals surface area contributed by atoms with Crippen molar-refractivity contribution in [1.29, 1.82) is 0 Å². The number of amides is 1. The van der Waals surface area contributed by atoms with Crippen molar-refractivity contribution in [3.63, 3.8) is 0 Å². The fourth-order valence-corrected chi connectivity index (χ4v) is 5.39. The van der Waals surface area contributed by atoms with E-state index >= 15 is 0 Å². The van der Waals surface area contributed by atoms with Crippen LogP contribution in [0, 0.1) is 5.41 Å². The Labute approximate surface area is 154 Å². The highest BCUT2D eigenvalue weighted by atomic mass is 32.1. The van der Waals surface area contributed by atoms with Crippen molar-refractivity contribution in [3.8, 4) is 0 Å². The standard InChI is InChI=1S/C18H29N5OS/c1-22-9-6-18(7-10-22)8-11-23(13-18)17-21-20-16(25-17)12-15(24)19-14-4-2-3-5-14/h14H,2-13H2,1H3,(H,19,24). The first kappa shape index (κ1) is 17.2. The average molecular weight is 364 g/mol. The molecule has 0 atom stereocenters. The maximum atomic E-state index is 12.2. The molecule has 3 heterocycles. The third kappa shape index (κ3) is 3.97. The number of anilines is 1. The molecule has 1 spiro atoms. The summed E-state index contributed by atoms with van der Waals surface area (Å²) in [7, 11) is 2.22. The van der Waals surface area contributed by atoms with E-state index in [-0.39, 0.29) is 5.91 Å². The SMILES string of the molecule is CN1CCC2(CC1)CCN(c1nnc(CC(=O)NC3CCCC3)s1)C2. The Morgan fingerprint density at radius 2 is 1.92 bits per heavy atom. The molecule has 4 rings (SSSR count). The molecule has 7 heteroatoms. The van der Waals surface area contributed by atoms with Gasteiger partial charge in [-0.2, -0.15) is 0 Å². The Morgan fingerprint density at radius 3 is 2.68 bits per heavy atom. The van der Waals surface area contributed by atoms with Gasteiger partial charge in [-0.3, -0.25) is 4.79 Å². The molecule has 1 aromatic heterocycles. The second kappa shape index (κ2) is 7.19. The Morgan fingerprint density at radius 1 is 1.20 bits per heavy atom. The maximum Gasteiger partial charge on any atom is 0.227 e. The van der Waals surface area contributed by atoms with Gasteiger partial charge in [0.2, 0.25) is 11.0 Å². The predicted octanol–water partition coefficient (Wildman–Crippen LogP) is 2.06. The number of nitrogens with one attached hydrogen (secondary N) is 1. The summed E-state index contributed by atoms with van der Waals surface area (Å²) in [6, 6.07) is 0.378. The minimum Gasteiger partial charge on any atom is -0.353 e. The number of likely N-dealkylation sites (tertiary alicyclic amines) is 1. The van der Waals surface area contributed by atoms with Gasteiger partial charge < -0.3 is 15.1 Å². The second-order valence-corrected chi connectivity index (χ2v) is 9.22. The third-order valence-electron chi connectivity index (χ3n) is 6.24. The lowest BCUT2D eigenvalue weighted by molar-refractivity contribution is -0.121. The van der Waals surface area contributed by atoms with Crippen LogP contribution in [0.2, 0.25) is 0 Å². The molecule has 2 saturated heterocycles. The topological polar surface area (TPSA) is 61.4 Å². The Bertz CT molecular complexity index is 604. The maximum absolute atomic E-state index is 12.2. The molecule has 138 valence electrons. The second-order valence-electron chi connectivity index (χ2n) is 8.18. The van der Waals surface area contributed by atoms with Crippen molar-refractivity contribution in [3.05, 3.63) is 5.01 Å². The first-order valence-electron chi connectivity index (χ1n) is 9.67. The van der Waals surface area contributed by atoms with Crippen molar-refractivity contribution in [1.82, 2.24) is 20.4 Å². The lowest BCUT2D eigenvalue weighted by atomic mass is 9.78. The van der Waals surface area contributed by atoms with Crippen LogP contribution in [-0.2, 0) is 11.2 Å². The summed E-state index contributed by atoms with van der Waals surface area (Å²) in [5, 5.41) is 13.6. The van der Waals surface area contributed by atoms with E-state index in [9.17, 15) is 4.79 Å². The number of carbonyl (C=O) groups is 1. The number of piperidine rings is 1. The number of aromatic nitrogens is 2. The predicted molar refractivity (Wildman–Crippen MR) is 100 cm³/mol. The average Bonchev–Trinajstić information content (AvgIpc) is 3.32. The van der Waals surface area contributed by atoms with Crippen LogP contribution in [-0.4, -0.2) is 60.3 Å². The summed E-state index contributed by atoms with van der Waals surface area (Å²) in [4.78, 5) is 17.0. The molecule has 0 aromatic carbocycles. The normalized spacial score (nSPS) is 24.3. The van der Waals surface area contributed by atoms with Gasteiger partial charge in [-0.1, -0.05) is 24.2 Å². The van der Waals surface area contributed by atoms with Crippen LogP contribution in [0.4, 0.5) is 5.13 Å². The van der Waals surface area contributed by atoms with Gasteiger partial charge in [0.1, 0.15) is 5.01 Å². The fourth-order valence-electron chi connectivity index (χ4n) is 4.53. The van der Waals surface area contributed by atoms with Crippen molar-refractivity contribution >= 4 is 22.4 Å². The molecule has 3 aliphatic rings. The van der Waals surface area contributed by atoms with E-state index in [0.29, 0.717) is 17.9 Å². The summed E-state index contributed by atoms with van der Waals surface area (Å²) in [6.45, 7) is 4.59. The van der Waals surface area contributed by atoms with Crippen LogP contribution in [0.5, 0.6) is 0 Å². The lowest BCUT2D eigenvalue weighted by Crippen LogP contribution is -2.39. The summed E-state index contributed by atoms with van der Waals surface area (Å²) in [5.74, 6) is 0.0998. The molecule has 2 aliphatic heterocycles. The van der Waals surface area contributed by atoms with Crippen LogP contribution in [0.25, 0.3) is 0 Å². The van der Waals surface area contributed by atoms with Gasteiger partial charge in [0.05, 0.1) is 6.42 Å². The van der Waals surface area contributed by atoms with E-state index in [1.165, 1.54) is 45.2 Å². The molecule has 25 heavy (non-hydrogen) atoms. The van der Waals surface area contributed by atoms with Crippen LogP contribution >= 0.6 is 11.3 Å². The summed E-state index contributed by atoms with van der Waals surface area (Å²) in [5.41, 5.74) is 0.470. The number of nitrogens with zero attached hydrogens (tertiary/aromatic N) is 4. The van der Waals surface area contributed by atoms with E-state index in [0.717, 1.165) is 36.1 Å². The number of rotatable bonds is 4. The zero-order valence-corrected chi connectivity index (χ0v) is 16.0. The van der Waals surface area contributed by atoms with Crippen molar-refractivity contribution in [2.45, 2.75) is 57.4 Å². The Hall–Kier alpha value is -1.21. The smallest absolute Gasteiger partial charge is 0.227 e. The van der Waals surface area contributed by atoms with Gasteiger partial charge in [0.15, 0.2) is 0 Å². The molecule has 1 amide bonds. The van der Waals surface area contributed by atoms with Crippen LogP contribution in [0.1, 0.15) is 50.0 Å². The van der Waals surface area contributed by atoms with Crippen LogP contribution < -0.4 is 10.2 Å². The van der Waals surface area contributed by atoms with E-state index in [2.05, 4.69) is 32.4 Å². The summed E-state index contributed by atoms with van der Waals surface area (Å²) in [6.07, 6.45) is 8.93. The first-order valence-corrected chi connectivity index (χ1v) is 10.5. The molecule has 0 bridgehead atoms. The highest BCUT2D eigenvalue weighted by Gasteiger charge is 2.40. The number of hydrogen-bond acceptors (Lipinski definition) is 6. The van der Waals surface area contributed by atoms with Gasteiger partial charge in [-0.05, 0) is 57.7 Å². The monoisotopic (exact) mass is 363 g/mol. The highest BCUT2D eigenvalue weighted by molar-refractivity contribution is 7.15. The van der Waals surface area contributed by atoms with E-state index in [4.69, 9.17) is 0 Å². The molecule has 1 saturated carbocycles. The zero-order chi connectivity index (χ0) is 17.3. The van der Waals surface area contributed by atoms with Crippen molar-refractivity contribution in [2.75, 3.05) is 38.1 Å². The van der Waals surface area contributed by atoms with Crippen LogP contribution in [0.3, 0.4) is 0 Å². The lowest BCUT2D eigenvalue weighted by Gasteiger charge is -2.37. The molecule has 6 nitrogen and oxygen atoms in total. The van der Waals surface area contributed by atoms with E-state index in [1.54, 1.807) is 11.3 Å². The molecule has 0 radical (unpaired) electrons. The molecule has 0 unspecified atom stereocenters. The van der Waals surface area contributed by atoms with Crippen molar-refractivity contribution < 1.29 is 4.79 Å². The fraction of sp³-hybridized carbons (Fsp3) is 0.833. The minimum absolute atomic E-state index is 0.0998. The number of carbonyl (C=O) groups excluding carboxylic acids is 1. The minimum atomic E-state index is 0.0998. The largest absolute Gasteiger partial charge is 0.353 e. The third-order valence-corrected chi connectivity index (χ3v) is 7.23. The zero-order valence-electron chi connectivity index (χ0n) is 15.2. The van der Waals surface area contributed by atoms with Gasteiger partial charge in [0, 0.05) is 19.1 Å². The van der Waals surface area contributed by atoms with Gasteiger partial charge in [0.25, 0.3) is 0 Å². The Kier molecular flexibility index (Phi) is 4.95. The summed E-state index contributed by atoms with van der Waals surface area (Å²) >= 11 is 1.60. The molecular weight excluding hydrogens is 334 g/mol. The Balaban J connectivity index is 1.31. The van der Waals surface area contributed by atoms with Gasteiger partial charge in [-0.25, -0.2) is 0 Å². The quantitative estimate of drug-likeness (QED) is 0.887. The molecule has 1 N–H and O–H groups in total. The summed E-state index contributed by atoms with van der Waals surface area (Å²) < 4.78 is 0. The molecule has 1 aromatic rings. The van der Waals surface area contributed by atoms with Crippen LogP contribution in [0.15, 0.2) is 0 Å². The van der Waals surface area contributed by atoms with Gasteiger partial charge >= 0.3 is 0 Å². The van der Waals surface area contributed by atoms with E-state index < -0.39 is 0 Å². The molecule has 1 aliphatic carbocycles. The van der Waals surface area contributed by atoms with E-state index in [1.807, 2.05) is 0 Å². The highest BCUT2D eigenvalue weighted by Crippen LogP contribution is 2.42. The van der Waals surface area contributed by atoms with Gasteiger partial charge in [-0.15, -0.1) is 10.2 Å². The van der Waals surface area contributed by atoms with Crippen molar-refractivity contribution in [2.24, 2.45) is 5.41 Å². The number of hydrogen-bond donors (Lipinski definition) is 1. The molecule has 3 fully saturated rings. The first-order chi connectivity index (χ1) is 12.1.